The number of hydrogen-bond donors (Lipinski definition) is 1. The topological polar surface area (TPSA) is 51.2 Å². The molecule has 0 unspecified atom stereocenters. The first kappa shape index (κ1) is 25.6. The van der Waals surface area contributed by atoms with Gasteiger partial charge in [0.25, 0.3) is 0 Å². The van der Waals surface area contributed by atoms with Gasteiger partial charge < -0.3 is 19.3 Å². The van der Waals surface area contributed by atoms with Crippen LogP contribution in [0.2, 0.25) is 0 Å². The Balaban J connectivity index is 0.00000148. The van der Waals surface area contributed by atoms with E-state index in [0.29, 0.717) is 30.3 Å². The Morgan fingerprint density at radius 3 is 2.28 bits per heavy atom. The van der Waals surface area contributed by atoms with Crippen molar-refractivity contribution in [3.8, 4) is 23.0 Å². The Bertz CT molecular complexity index is 1150. The number of phenols is 1. The van der Waals surface area contributed by atoms with Crippen molar-refractivity contribution in [1.82, 2.24) is 4.90 Å². The highest BCUT2D eigenvalue weighted by atomic mass is 16.5. The first-order valence-electron chi connectivity index (χ1n) is 13.0. The number of nitrogens with zero attached hydrogens (tertiary/aromatic N) is 1. The molecule has 5 rings (SSSR count). The van der Waals surface area contributed by atoms with Crippen molar-refractivity contribution in [2.24, 2.45) is 0 Å². The van der Waals surface area contributed by atoms with E-state index < -0.39 is 0 Å². The molecule has 0 atom stereocenters. The van der Waals surface area contributed by atoms with E-state index in [2.05, 4.69) is 29.2 Å². The van der Waals surface area contributed by atoms with Crippen molar-refractivity contribution in [1.29, 1.82) is 0 Å². The van der Waals surface area contributed by atoms with E-state index in [1.165, 1.54) is 32.4 Å². The van der Waals surface area contributed by atoms with Gasteiger partial charge in [-0.1, -0.05) is 62.7 Å². The Kier molecular flexibility index (Phi) is 8.90. The Hall–Kier alpha value is -3.44. The number of rotatable bonds is 7. The van der Waals surface area contributed by atoms with Crippen LogP contribution in [0.5, 0.6) is 23.0 Å². The molecule has 0 aliphatic carbocycles. The molecule has 2 aliphatic rings. The number of ether oxygens (including phenoxy) is 3. The summed E-state index contributed by atoms with van der Waals surface area (Å²) >= 11 is 0. The zero-order valence-corrected chi connectivity index (χ0v) is 21.6. The van der Waals surface area contributed by atoms with Gasteiger partial charge in [-0.15, -0.1) is 0 Å². The summed E-state index contributed by atoms with van der Waals surface area (Å²) < 4.78 is 17.4. The Morgan fingerprint density at radius 2 is 1.58 bits per heavy atom. The quantitative estimate of drug-likeness (QED) is 0.405. The van der Waals surface area contributed by atoms with E-state index in [0.717, 1.165) is 34.6 Å². The third-order valence-corrected chi connectivity index (χ3v) is 6.60. The lowest BCUT2D eigenvalue weighted by Gasteiger charge is -2.26. The average molecular weight is 488 g/mol. The molecule has 2 heterocycles. The molecule has 0 aromatic heterocycles. The number of aromatic hydroxyl groups is 1. The van der Waals surface area contributed by atoms with Gasteiger partial charge >= 0.3 is 0 Å². The molecule has 1 fully saturated rings. The number of hydrogen-bond acceptors (Lipinski definition) is 5. The van der Waals surface area contributed by atoms with Gasteiger partial charge in [-0.3, -0.25) is 4.90 Å². The standard InChI is InChI=1S/C29H31NO4.C2H6/c1-32-24-18-26(31)29-27(19-24)34-20-25(21-8-4-2-5-9-21)28(29)22-10-12-23(13-11-22)33-17-16-30-14-6-3-7-15-30;1-2/h2,4-5,8-13,18-19,31H,3,6-7,14-17,20H2,1H3;1-2H3. The molecule has 5 heteroatoms. The van der Waals surface area contributed by atoms with Gasteiger partial charge in [0.2, 0.25) is 0 Å². The van der Waals surface area contributed by atoms with Crippen molar-refractivity contribution >= 4 is 11.1 Å². The normalized spacial score (nSPS) is 15.3. The summed E-state index contributed by atoms with van der Waals surface area (Å²) in [5.41, 5.74) is 4.76. The van der Waals surface area contributed by atoms with Gasteiger partial charge in [-0.2, -0.15) is 0 Å². The fourth-order valence-electron chi connectivity index (χ4n) is 4.81. The smallest absolute Gasteiger partial charge is 0.135 e. The summed E-state index contributed by atoms with van der Waals surface area (Å²) in [6.45, 7) is 8.41. The van der Waals surface area contributed by atoms with Gasteiger partial charge in [-0.05, 0) is 49.2 Å². The van der Waals surface area contributed by atoms with Crippen LogP contribution >= 0.6 is 0 Å². The molecular weight excluding hydrogens is 450 g/mol. The highest BCUT2D eigenvalue weighted by molar-refractivity contribution is 6.03. The molecule has 0 amide bonds. The van der Waals surface area contributed by atoms with E-state index in [9.17, 15) is 5.11 Å². The molecule has 1 N–H and O–H groups in total. The summed E-state index contributed by atoms with van der Waals surface area (Å²) in [5.74, 6) is 2.18. The molecule has 2 aliphatic heterocycles. The van der Waals surface area contributed by atoms with Crippen molar-refractivity contribution in [3.63, 3.8) is 0 Å². The zero-order chi connectivity index (χ0) is 25.3. The van der Waals surface area contributed by atoms with Gasteiger partial charge in [-0.25, -0.2) is 0 Å². The van der Waals surface area contributed by atoms with Gasteiger partial charge in [0.15, 0.2) is 0 Å². The fraction of sp³-hybridized carbons (Fsp3) is 0.355. The summed E-state index contributed by atoms with van der Waals surface area (Å²) in [7, 11) is 1.58. The molecular formula is C31H37NO4. The van der Waals surface area contributed by atoms with Crippen LogP contribution < -0.4 is 14.2 Å². The molecule has 190 valence electrons. The van der Waals surface area contributed by atoms with Gasteiger partial charge in [0.05, 0.1) is 12.7 Å². The maximum atomic E-state index is 10.9. The van der Waals surface area contributed by atoms with Crippen molar-refractivity contribution in [3.05, 3.63) is 83.4 Å². The number of fused-ring (bicyclic) bond motifs is 1. The van der Waals surface area contributed by atoms with Crippen molar-refractivity contribution in [2.75, 3.05) is 40.0 Å². The number of benzene rings is 3. The van der Waals surface area contributed by atoms with E-state index in [1.54, 1.807) is 13.2 Å². The van der Waals surface area contributed by atoms with Crippen LogP contribution in [0, 0.1) is 0 Å². The summed E-state index contributed by atoms with van der Waals surface area (Å²) in [4.78, 5) is 2.48. The molecule has 3 aromatic rings. The first-order valence-corrected chi connectivity index (χ1v) is 13.0. The van der Waals surface area contributed by atoms with Crippen LogP contribution in [0.1, 0.15) is 49.8 Å². The molecule has 0 spiro atoms. The third-order valence-electron chi connectivity index (χ3n) is 6.60. The molecule has 0 radical (unpaired) electrons. The van der Waals surface area contributed by atoms with E-state index >= 15 is 0 Å². The second kappa shape index (κ2) is 12.5. The van der Waals surface area contributed by atoms with Crippen LogP contribution in [-0.2, 0) is 0 Å². The van der Waals surface area contributed by atoms with Crippen LogP contribution in [0.4, 0.5) is 0 Å². The van der Waals surface area contributed by atoms with Crippen LogP contribution in [-0.4, -0.2) is 50.0 Å². The number of methoxy groups -OCH3 is 1. The highest BCUT2D eigenvalue weighted by Gasteiger charge is 2.26. The lowest BCUT2D eigenvalue weighted by Crippen LogP contribution is -2.33. The van der Waals surface area contributed by atoms with Gasteiger partial charge in [0.1, 0.15) is 36.2 Å². The van der Waals surface area contributed by atoms with Crippen LogP contribution in [0.3, 0.4) is 0 Å². The van der Waals surface area contributed by atoms with E-state index in [4.69, 9.17) is 14.2 Å². The maximum Gasteiger partial charge on any atom is 0.135 e. The van der Waals surface area contributed by atoms with E-state index in [-0.39, 0.29) is 5.75 Å². The molecule has 1 saturated heterocycles. The summed E-state index contributed by atoms with van der Waals surface area (Å²) in [6, 6.07) is 21.8. The van der Waals surface area contributed by atoms with E-state index in [1.807, 2.05) is 50.2 Å². The minimum atomic E-state index is 0.138. The number of phenolic OH excluding ortho intramolecular Hbond substituents is 1. The average Bonchev–Trinajstić information content (AvgIpc) is 2.95. The molecule has 36 heavy (non-hydrogen) atoms. The fourth-order valence-corrected chi connectivity index (χ4v) is 4.81. The molecule has 3 aromatic carbocycles. The minimum Gasteiger partial charge on any atom is -0.507 e. The first-order chi connectivity index (χ1) is 17.7. The second-order valence-electron chi connectivity index (χ2n) is 8.80. The molecule has 5 nitrogen and oxygen atoms in total. The summed E-state index contributed by atoms with van der Waals surface area (Å²) in [6.07, 6.45) is 3.92. The van der Waals surface area contributed by atoms with Crippen molar-refractivity contribution < 1.29 is 19.3 Å². The largest absolute Gasteiger partial charge is 0.507 e. The number of likely N-dealkylation sites (tertiary alicyclic amines) is 1. The third kappa shape index (κ3) is 5.85. The lowest BCUT2D eigenvalue weighted by atomic mass is 9.87. The SMILES string of the molecule is CC.COc1cc(O)c2c(c1)OCC(c1ccccc1)=C2c1ccc(OCCN2CCCCC2)cc1. The number of piperidine rings is 1. The molecule has 0 bridgehead atoms. The van der Waals surface area contributed by atoms with Crippen molar-refractivity contribution in [2.45, 2.75) is 33.1 Å². The maximum absolute atomic E-state index is 10.9. The lowest BCUT2D eigenvalue weighted by molar-refractivity contribution is 0.183. The Morgan fingerprint density at radius 1 is 0.861 bits per heavy atom. The zero-order valence-electron chi connectivity index (χ0n) is 21.6. The predicted molar refractivity (Wildman–Crippen MR) is 146 cm³/mol. The Labute approximate surface area is 214 Å². The van der Waals surface area contributed by atoms with Crippen LogP contribution in [0.25, 0.3) is 11.1 Å². The molecule has 0 saturated carbocycles. The summed E-state index contributed by atoms with van der Waals surface area (Å²) in [5, 5.41) is 10.9. The van der Waals surface area contributed by atoms with Gasteiger partial charge in [0, 0.05) is 29.8 Å². The van der Waals surface area contributed by atoms with Crippen LogP contribution in [0.15, 0.2) is 66.7 Å². The predicted octanol–water partition coefficient (Wildman–Crippen LogP) is 6.64. The monoisotopic (exact) mass is 487 g/mol. The second-order valence-corrected chi connectivity index (χ2v) is 8.80. The minimum absolute atomic E-state index is 0.138. The highest BCUT2D eigenvalue weighted by Crippen LogP contribution is 2.47.